The summed E-state index contributed by atoms with van der Waals surface area (Å²) in [4.78, 5) is 27.7. The zero-order valence-corrected chi connectivity index (χ0v) is 11.9. The minimum absolute atomic E-state index is 0.00319. The maximum Gasteiger partial charge on any atom is 0.270 e. The standard InChI is InChI=1S/C13H22N4O2/c1-15(2)10-6-8-17(9-7-10)13(19)11-4-5-12(18)16(3)14-11/h10H,4-9H2,1-3H3. The Hall–Kier alpha value is -1.43. The van der Waals surface area contributed by atoms with Gasteiger partial charge in [0, 0.05) is 39.0 Å². The second-order valence-electron chi connectivity index (χ2n) is 5.45. The molecule has 106 valence electrons. The van der Waals surface area contributed by atoms with E-state index in [2.05, 4.69) is 24.1 Å². The highest BCUT2D eigenvalue weighted by Crippen LogP contribution is 2.16. The van der Waals surface area contributed by atoms with Gasteiger partial charge in [0.1, 0.15) is 5.71 Å². The molecule has 1 saturated heterocycles. The third kappa shape index (κ3) is 3.12. The van der Waals surface area contributed by atoms with Crippen LogP contribution in [0, 0.1) is 0 Å². The molecule has 2 heterocycles. The molecule has 0 aromatic heterocycles. The number of rotatable bonds is 2. The van der Waals surface area contributed by atoms with Gasteiger partial charge in [0.15, 0.2) is 0 Å². The van der Waals surface area contributed by atoms with Crippen LogP contribution in [0.15, 0.2) is 5.10 Å². The summed E-state index contributed by atoms with van der Waals surface area (Å²) in [6, 6.07) is 0.557. The SMILES string of the molecule is CN1N=C(C(=O)N2CCC(N(C)C)CC2)CCC1=O. The van der Waals surface area contributed by atoms with Crippen molar-refractivity contribution in [3.63, 3.8) is 0 Å². The molecule has 6 nitrogen and oxygen atoms in total. The average molecular weight is 266 g/mol. The molecule has 0 saturated carbocycles. The van der Waals surface area contributed by atoms with E-state index in [-0.39, 0.29) is 11.8 Å². The van der Waals surface area contributed by atoms with Gasteiger partial charge in [-0.1, -0.05) is 0 Å². The highest BCUT2D eigenvalue weighted by atomic mass is 16.2. The lowest BCUT2D eigenvalue weighted by molar-refractivity contribution is -0.131. The van der Waals surface area contributed by atoms with Gasteiger partial charge in [-0.15, -0.1) is 0 Å². The Bertz CT molecular complexity index is 397. The molecule has 2 rings (SSSR count). The fraction of sp³-hybridized carbons (Fsp3) is 0.769. The molecule has 0 aliphatic carbocycles. The largest absolute Gasteiger partial charge is 0.337 e. The first-order valence-electron chi connectivity index (χ1n) is 6.78. The van der Waals surface area contributed by atoms with Crippen molar-refractivity contribution in [2.75, 3.05) is 34.2 Å². The minimum atomic E-state index is -0.0251. The zero-order valence-electron chi connectivity index (χ0n) is 11.9. The van der Waals surface area contributed by atoms with E-state index in [0.29, 0.717) is 24.6 Å². The van der Waals surface area contributed by atoms with Crippen molar-refractivity contribution in [3.05, 3.63) is 0 Å². The molecule has 0 N–H and O–H groups in total. The molecular formula is C13H22N4O2. The van der Waals surface area contributed by atoms with E-state index < -0.39 is 0 Å². The Balaban J connectivity index is 1.95. The van der Waals surface area contributed by atoms with Crippen LogP contribution >= 0.6 is 0 Å². The van der Waals surface area contributed by atoms with Crippen LogP contribution in [-0.2, 0) is 9.59 Å². The molecule has 0 atom stereocenters. The molecule has 0 unspecified atom stereocenters. The topological polar surface area (TPSA) is 56.2 Å². The van der Waals surface area contributed by atoms with Gasteiger partial charge in [-0.05, 0) is 26.9 Å². The quantitative estimate of drug-likeness (QED) is 0.715. The van der Waals surface area contributed by atoms with Gasteiger partial charge >= 0.3 is 0 Å². The van der Waals surface area contributed by atoms with E-state index in [4.69, 9.17) is 0 Å². The van der Waals surface area contributed by atoms with Gasteiger partial charge < -0.3 is 9.80 Å². The minimum Gasteiger partial charge on any atom is -0.337 e. The Morgan fingerprint density at radius 2 is 1.89 bits per heavy atom. The van der Waals surface area contributed by atoms with Crippen LogP contribution in [0.25, 0.3) is 0 Å². The number of nitrogens with zero attached hydrogens (tertiary/aromatic N) is 4. The first-order chi connectivity index (χ1) is 8.99. The Kier molecular flexibility index (Phi) is 4.19. The number of hydrogen-bond acceptors (Lipinski definition) is 4. The molecule has 0 bridgehead atoms. The summed E-state index contributed by atoms with van der Waals surface area (Å²) in [6.07, 6.45) is 2.85. The lowest BCUT2D eigenvalue weighted by Gasteiger charge is -2.35. The molecule has 2 amide bonds. The first-order valence-corrected chi connectivity index (χ1v) is 6.78. The van der Waals surface area contributed by atoms with E-state index in [1.54, 1.807) is 7.05 Å². The van der Waals surface area contributed by atoms with Crippen LogP contribution in [-0.4, -0.2) is 72.6 Å². The third-order valence-corrected chi connectivity index (χ3v) is 3.94. The fourth-order valence-electron chi connectivity index (χ4n) is 2.59. The maximum atomic E-state index is 12.3. The highest BCUT2D eigenvalue weighted by Gasteiger charge is 2.29. The number of amides is 2. The van der Waals surface area contributed by atoms with Crippen LogP contribution in [0.3, 0.4) is 0 Å². The van der Waals surface area contributed by atoms with Crippen molar-refractivity contribution in [2.45, 2.75) is 31.7 Å². The van der Waals surface area contributed by atoms with Crippen LogP contribution in [0.5, 0.6) is 0 Å². The van der Waals surface area contributed by atoms with E-state index in [0.717, 1.165) is 25.9 Å². The molecule has 0 aromatic carbocycles. The van der Waals surface area contributed by atoms with Crippen LogP contribution in [0.2, 0.25) is 0 Å². The summed E-state index contributed by atoms with van der Waals surface area (Å²) < 4.78 is 0. The van der Waals surface area contributed by atoms with Gasteiger partial charge in [0.05, 0.1) is 0 Å². The fourth-order valence-corrected chi connectivity index (χ4v) is 2.59. The summed E-state index contributed by atoms with van der Waals surface area (Å²) in [5, 5.41) is 5.37. The van der Waals surface area contributed by atoms with Gasteiger partial charge in [-0.25, -0.2) is 5.01 Å². The lowest BCUT2D eigenvalue weighted by Crippen LogP contribution is -2.47. The van der Waals surface area contributed by atoms with E-state index >= 15 is 0 Å². The number of hydrazone groups is 1. The molecule has 0 radical (unpaired) electrons. The second kappa shape index (κ2) is 5.69. The molecule has 2 aliphatic heterocycles. The van der Waals surface area contributed by atoms with Crippen molar-refractivity contribution < 1.29 is 9.59 Å². The van der Waals surface area contributed by atoms with Crippen molar-refractivity contribution in [1.82, 2.24) is 14.8 Å². The van der Waals surface area contributed by atoms with Gasteiger partial charge in [0.2, 0.25) is 5.91 Å². The van der Waals surface area contributed by atoms with Crippen molar-refractivity contribution in [1.29, 1.82) is 0 Å². The smallest absolute Gasteiger partial charge is 0.270 e. The summed E-state index contributed by atoms with van der Waals surface area (Å²) in [5.74, 6) is -0.0283. The van der Waals surface area contributed by atoms with Crippen molar-refractivity contribution in [2.24, 2.45) is 5.10 Å². The predicted octanol–water partition coefficient (Wildman–Crippen LogP) is 0.147. The molecule has 6 heteroatoms. The molecule has 2 aliphatic rings. The summed E-state index contributed by atoms with van der Waals surface area (Å²) in [6.45, 7) is 1.55. The molecular weight excluding hydrogens is 244 g/mol. The number of carbonyl (C=O) groups excluding carboxylic acids is 2. The number of carbonyl (C=O) groups is 2. The second-order valence-corrected chi connectivity index (χ2v) is 5.45. The van der Waals surface area contributed by atoms with Crippen LogP contribution in [0.4, 0.5) is 0 Å². The van der Waals surface area contributed by atoms with Gasteiger partial charge in [-0.3, -0.25) is 9.59 Å². The van der Waals surface area contributed by atoms with E-state index in [9.17, 15) is 9.59 Å². The number of piperidine rings is 1. The normalized spacial score (nSPS) is 21.9. The Labute approximate surface area is 114 Å². The van der Waals surface area contributed by atoms with Gasteiger partial charge in [0.25, 0.3) is 5.91 Å². The zero-order chi connectivity index (χ0) is 14.0. The Morgan fingerprint density at radius 3 is 2.42 bits per heavy atom. The van der Waals surface area contributed by atoms with E-state index in [1.807, 2.05) is 4.90 Å². The van der Waals surface area contributed by atoms with Crippen LogP contribution < -0.4 is 0 Å². The molecule has 19 heavy (non-hydrogen) atoms. The monoisotopic (exact) mass is 266 g/mol. The summed E-state index contributed by atoms with van der Waals surface area (Å²) in [7, 11) is 5.76. The number of likely N-dealkylation sites (tertiary alicyclic amines) is 1. The predicted molar refractivity (Wildman–Crippen MR) is 72.7 cm³/mol. The molecule has 1 fully saturated rings. The third-order valence-electron chi connectivity index (χ3n) is 3.94. The number of hydrogen-bond donors (Lipinski definition) is 0. The highest BCUT2D eigenvalue weighted by molar-refractivity contribution is 6.39. The lowest BCUT2D eigenvalue weighted by atomic mass is 10.0. The van der Waals surface area contributed by atoms with Crippen molar-refractivity contribution in [3.8, 4) is 0 Å². The van der Waals surface area contributed by atoms with E-state index in [1.165, 1.54) is 5.01 Å². The average Bonchev–Trinajstić information content (AvgIpc) is 2.41. The molecule has 0 spiro atoms. The first kappa shape index (κ1) is 14.0. The Morgan fingerprint density at radius 1 is 1.26 bits per heavy atom. The molecule has 0 aromatic rings. The van der Waals surface area contributed by atoms with Crippen molar-refractivity contribution >= 4 is 17.5 Å². The van der Waals surface area contributed by atoms with Crippen LogP contribution in [0.1, 0.15) is 25.7 Å². The maximum absolute atomic E-state index is 12.3. The van der Waals surface area contributed by atoms with Gasteiger partial charge in [-0.2, -0.15) is 5.10 Å². The summed E-state index contributed by atoms with van der Waals surface area (Å²) >= 11 is 0. The summed E-state index contributed by atoms with van der Waals surface area (Å²) in [5.41, 5.74) is 0.519.